The zero-order valence-corrected chi connectivity index (χ0v) is 14.5. The molecule has 1 aromatic rings. The molecule has 0 spiro atoms. The quantitative estimate of drug-likeness (QED) is 0.869. The van der Waals surface area contributed by atoms with Crippen LogP contribution in [0.1, 0.15) is 57.4 Å². The molecule has 132 valence electrons. The van der Waals surface area contributed by atoms with E-state index in [0.717, 1.165) is 36.3 Å². The zero-order chi connectivity index (χ0) is 16.9. The van der Waals surface area contributed by atoms with E-state index in [1.165, 1.54) is 19.3 Å². The van der Waals surface area contributed by atoms with Crippen LogP contribution in [0.5, 0.6) is 11.5 Å². The summed E-state index contributed by atoms with van der Waals surface area (Å²) >= 11 is 0. The maximum atomic E-state index is 12.8. The topological polar surface area (TPSA) is 64.8 Å². The highest BCUT2D eigenvalue weighted by molar-refractivity contribution is 5.76. The molecular weight excluding hydrogens is 304 g/mol. The van der Waals surface area contributed by atoms with Crippen LogP contribution < -0.4 is 15.2 Å². The Kier molecular flexibility index (Phi) is 5.61. The van der Waals surface area contributed by atoms with Crippen LogP contribution in [0.25, 0.3) is 0 Å². The van der Waals surface area contributed by atoms with E-state index in [1.54, 1.807) is 0 Å². The lowest BCUT2D eigenvalue weighted by molar-refractivity contribution is -0.135. The van der Waals surface area contributed by atoms with Crippen LogP contribution in [-0.4, -0.2) is 29.7 Å². The Morgan fingerprint density at radius 3 is 2.75 bits per heavy atom. The Balaban J connectivity index is 1.72. The molecule has 1 aromatic carbocycles. The minimum atomic E-state index is 0.0627. The number of carbonyl (C=O) groups excluding carboxylic acids is 1. The molecule has 2 N–H and O–H groups in total. The monoisotopic (exact) mass is 332 g/mol. The standard InChI is InChI=1S/C19H28N2O3/c1-14(20)7-10-19(22)21(16-5-3-2-4-6-16)12-15-8-9-17-18(11-15)24-13-23-17/h8-9,11,14,16H,2-7,10,12-13,20H2,1H3. The van der Waals surface area contributed by atoms with Crippen LogP contribution in [0, 0.1) is 0 Å². The molecular formula is C19H28N2O3. The Labute approximate surface area is 144 Å². The molecule has 1 atom stereocenters. The van der Waals surface area contributed by atoms with E-state index in [-0.39, 0.29) is 18.7 Å². The van der Waals surface area contributed by atoms with Gasteiger partial charge in [-0.25, -0.2) is 0 Å². The predicted molar refractivity (Wildman–Crippen MR) is 92.9 cm³/mol. The fraction of sp³-hybridized carbons (Fsp3) is 0.632. The van der Waals surface area contributed by atoms with Gasteiger partial charge in [-0.3, -0.25) is 4.79 Å². The van der Waals surface area contributed by atoms with E-state index < -0.39 is 0 Å². The van der Waals surface area contributed by atoms with Crippen LogP contribution in [0.3, 0.4) is 0 Å². The molecule has 5 heteroatoms. The van der Waals surface area contributed by atoms with Gasteiger partial charge in [-0.15, -0.1) is 0 Å². The number of hydrogen-bond donors (Lipinski definition) is 1. The summed E-state index contributed by atoms with van der Waals surface area (Å²) in [5.41, 5.74) is 6.93. The molecule has 5 nitrogen and oxygen atoms in total. The lowest BCUT2D eigenvalue weighted by Gasteiger charge is -2.35. The lowest BCUT2D eigenvalue weighted by atomic mass is 9.93. The minimum absolute atomic E-state index is 0.0627. The van der Waals surface area contributed by atoms with Crippen molar-refractivity contribution in [2.45, 2.75) is 70.5 Å². The van der Waals surface area contributed by atoms with Gasteiger partial charge < -0.3 is 20.1 Å². The first-order valence-electron chi connectivity index (χ1n) is 9.07. The summed E-state index contributed by atoms with van der Waals surface area (Å²) in [5.74, 6) is 1.78. The van der Waals surface area contributed by atoms with Crippen LogP contribution in [0.4, 0.5) is 0 Å². The van der Waals surface area contributed by atoms with Crippen molar-refractivity contribution in [1.82, 2.24) is 4.90 Å². The van der Waals surface area contributed by atoms with E-state index in [4.69, 9.17) is 15.2 Å². The second kappa shape index (κ2) is 7.88. The SMILES string of the molecule is CC(N)CCC(=O)N(Cc1ccc2c(c1)OCO2)C1CCCCC1. The third-order valence-electron chi connectivity index (χ3n) is 4.94. The molecule has 0 saturated heterocycles. The second-order valence-corrected chi connectivity index (χ2v) is 7.02. The van der Waals surface area contributed by atoms with Crippen molar-refractivity contribution in [2.75, 3.05) is 6.79 Å². The summed E-state index contributed by atoms with van der Waals surface area (Å²) in [6.45, 7) is 2.87. The molecule has 2 aliphatic rings. The Morgan fingerprint density at radius 1 is 1.25 bits per heavy atom. The highest BCUT2D eigenvalue weighted by Crippen LogP contribution is 2.33. The first kappa shape index (κ1) is 17.1. The molecule has 1 heterocycles. The summed E-state index contributed by atoms with van der Waals surface area (Å²) in [4.78, 5) is 14.9. The van der Waals surface area contributed by atoms with E-state index >= 15 is 0 Å². The van der Waals surface area contributed by atoms with Crippen molar-refractivity contribution >= 4 is 5.91 Å². The van der Waals surface area contributed by atoms with Gasteiger partial charge in [0.25, 0.3) is 0 Å². The van der Waals surface area contributed by atoms with E-state index in [0.29, 0.717) is 19.0 Å². The summed E-state index contributed by atoms with van der Waals surface area (Å²) in [6.07, 6.45) is 7.18. The molecule has 1 saturated carbocycles. The average Bonchev–Trinajstić information content (AvgIpc) is 3.06. The number of ether oxygens (including phenoxy) is 2. The maximum absolute atomic E-state index is 12.8. The van der Waals surface area contributed by atoms with Gasteiger partial charge in [0, 0.05) is 25.0 Å². The molecule has 0 bridgehead atoms. The molecule has 0 radical (unpaired) electrons. The van der Waals surface area contributed by atoms with E-state index in [9.17, 15) is 4.79 Å². The van der Waals surface area contributed by atoms with Gasteiger partial charge in [0.05, 0.1) is 0 Å². The summed E-state index contributed by atoms with van der Waals surface area (Å²) in [7, 11) is 0. The Bertz CT molecular complexity index is 568. The molecule has 1 amide bonds. The van der Waals surface area contributed by atoms with Gasteiger partial charge in [0.1, 0.15) is 0 Å². The third-order valence-corrected chi connectivity index (χ3v) is 4.94. The molecule has 1 fully saturated rings. The van der Waals surface area contributed by atoms with Gasteiger partial charge in [0.15, 0.2) is 11.5 Å². The molecule has 1 aliphatic heterocycles. The number of hydrogen-bond acceptors (Lipinski definition) is 4. The van der Waals surface area contributed by atoms with Crippen molar-refractivity contribution in [3.63, 3.8) is 0 Å². The molecule has 0 aromatic heterocycles. The maximum Gasteiger partial charge on any atom is 0.231 e. The van der Waals surface area contributed by atoms with Crippen molar-refractivity contribution in [1.29, 1.82) is 0 Å². The minimum Gasteiger partial charge on any atom is -0.454 e. The number of rotatable bonds is 6. The zero-order valence-electron chi connectivity index (χ0n) is 14.5. The molecule has 1 unspecified atom stereocenters. The Morgan fingerprint density at radius 2 is 2.00 bits per heavy atom. The summed E-state index contributed by atoms with van der Waals surface area (Å²) < 4.78 is 10.8. The van der Waals surface area contributed by atoms with E-state index in [1.807, 2.05) is 25.1 Å². The number of amides is 1. The smallest absolute Gasteiger partial charge is 0.231 e. The third kappa shape index (κ3) is 4.20. The van der Waals surface area contributed by atoms with Gasteiger partial charge in [-0.1, -0.05) is 25.3 Å². The first-order chi connectivity index (χ1) is 11.6. The highest BCUT2D eigenvalue weighted by Gasteiger charge is 2.26. The Hall–Kier alpha value is -1.75. The van der Waals surface area contributed by atoms with Gasteiger partial charge in [0.2, 0.25) is 12.7 Å². The summed E-state index contributed by atoms with van der Waals surface area (Å²) in [5, 5.41) is 0. The lowest BCUT2D eigenvalue weighted by Crippen LogP contribution is -2.41. The van der Waals surface area contributed by atoms with Crippen molar-refractivity contribution in [3.8, 4) is 11.5 Å². The van der Waals surface area contributed by atoms with Crippen molar-refractivity contribution < 1.29 is 14.3 Å². The van der Waals surface area contributed by atoms with Crippen LogP contribution in [0.15, 0.2) is 18.2 Å². The number of carbonyl (C=O) groups is 1. The predicted octanol–water partition coefficient (Wildman–Crippen LogP) is 3.20. The largest absolute Gasteiger partial charge is 0.454 e. The summed E-state index contributed by atoms with van der Waals surface area (Å²) in [6, 6.07) is 6.37. The highest BCUT2D eigenvalue weighted by atomic mass is 16.7. The average molecular weight is 332 g/mol. The van der Waals surface area contributed by atoms with Crippen LogP contribution in [0.2, 0.25) is 0 Å². The van der Waals surface area contributed by atoms with E-state index in [2.05, 4.69) is 4.90 Å². The van der Waals surface area contributed by atoms with Gasteiger partial charge >= 0.3 is 0 Å². The number of nitrogens with two attached hydrogens (primary N) is 1. The molecule has 3 rings (SSSR count). The van der Waals surface area contributed by atoms with Crippen molar-refractivity contribution in [3.05, 3.63) is 23.8 Å². The van der Waals surface area contributed by atoms with Gasteiger partial charge in [-0.2, -0.15) is 0 Å². The van der Waals surface area contributed by atoms with Crippen LogP contribution >= 0.6 is 0 Å². The van der Waals surface area contributed by atoms with Gasteiger partial charge in [-0.05, 0) is 43.9 Å². The number of nitrogens with zero attached hydrogens (tertiary/aromatic N) is 1. The van der Waals surface area contributed by atoms with Crippen molar-refractivity contribution in [2.24, 2.45) is 5.73 Å². The first-order valence-corrected chi connectivity index (χ1v) is 9.07. The number of benzene rings is 1. The second-order valence-electron chi connectivity index (χ2n) is 7.02. The molecule has 24 heavy (non-hydrogen) atoms. The number of fused-ring (bicyclic) bond motifs is 1. The molecule has 1 aliphatic carbocycles. The fourth-order valence-electron chi connectivity index (χ4n) is 3.54. The normalized spacial score (nSPS) is 18.4. The van der Waals surface area contributed by atoms with Crippen LogP contribution in [-0.2, 0) is 11.3 Å². The fourth-order valence-corrected chi connectivity index (χ4v) is 3.54.